The maximum atomic E-state index is 4.98. The average molecular weight is 387 g/mol. The lowest BCUT2D eigenvalue weighted by Gasteiger charge is -2.10. The summed E-state index contributed by atoms with van der Waals surface area (Å²) in [5.41, 5.74) is 5.71. The van der Waals surface area contributed by atoms with Gasteiger partial charge in [0.15, 0.2) is 0 Å². The van der Waals surface area contributed by atoms with Crippen molar-refractivity contribution in [3.8, 4) is 11.1 Å². The topological polar surface area (TPSA) is 17.8 Å². The van der Waals surface area contributed by atoms with Crippen molar-refractivity contribution in [1.29, 1.82) is 0 Å². The van der Waals surface area contributed by atoms with E-state index in [9.17, 15) is 0 Å². The lowest BCUT2D eigenvalue weighted by Crippen LogP contribution is -1.92. The van der Waals surface area contributed by atoms with E-state index in [2.05, 4.69) is 100 Å². The Morgan fingerprint density at radius 2 is 1.60 bits per heavy atom. The van der Waals surface area contributed by atoms with E-state index in [1.54, 1.807) is 0 Å². The summed E-state index contributed by atoms with van der Waals surface area (Å²) in [4.78, 5) is 4.98. The first-order chi connectivity index (χ1) is 12.2. The third-order valence-electron chi connectivity index (χ3n) is 4.84. The Morgan fingerprint density at radius 1 is 0.840 bits per heavy atom. The van der Waals surface area contributed by atoms with Gasteiger partial charge in [-0.3, -0.25) is 0 Å². The van der Waals surface area contributed by atoms with Crippen LogP contribution in [0.2, 0.25) is 0 Å². The molecule has 0 spiro atoms. The third kappa shape index (κ3) is 2.12. The van der Waals surface area contributed by atoms with Gasteiger partial charge in [-0.15, -0.1) is 0 Å². The summed E-state index contributed by atoms with van der Waals surface area (Å²) in [5.74, 6) is 0. The molecule has 0 N–H and O–H groups in total. The average Bonchev–Trinajstić information content (AvgIpc) is 2.92. The molecule has 0 radical (unpaired) electrons. The molecule has 0 aliphatic rings. The fourth-order valence-electron chi connectivity index (χ4n) is 3.72. The number of para-hydroxylation sites is 1. The van der Waals surface area contributed by atoms with Gasteiger partial charge in [-0.2, -0.15) is 0 Å². The molecule has 3 heteroatoms. The highest BCUT2D eigenvalue weighted by molar-refractivity contribution is 9.10. The Morgan fingerprint density at radius 3 is 2.44 bits per heavy atom. The predicted molar refractivity (Wildman–Crippen MR) is 109 cm³/mol. The molecule has 2 aromatic heterocycles. The molecule has 0 fully saturated rings. The van der Waals surface area contributed by atoms with Gasteiger partial charge in [0.05, 0.1) is 11.0 Å². The molecular weight excluding hydrogens is 372 g/mol. The molecule has 0 bridgehead atoms. The number of aryl methyl sites for hydroxylation is 1. The van der Waals surface area contributed by atoms with Crippen molar-refractivity contribution >= 4 is 48.8 Å². The highest BCUT2D eigenvalue weighted by Crippen LogP contribution is 2.40. The van der Waals surface area contributed by atoms with Crippen molar-refractivity contribution < 1.29 is 0 Å². The lowest BCUT2D eigenvalue weighted by molar-refractivity contribution is 0.994. The Labute approximate surface area is 153 Å². The molecule has 5 aromatic rings. The largest absolute Gasteiger partial charge is 0.328 e. The van der Waals surface area contributed by atoms with E-state index < -0.39 is 0 Å². The normalized spacial score (nSPS) is 11.6. The number of benzene rings is 3. The number of nitrogens with zero attached hydrogens (tertiary/aromatic N) is 2. The highest BCUT2D eigenvalue weighted by atomic mass is 79.9. The number of halogens is 1. The highest BCUT2D eigenvalue weighted by Gasteiger charge is 2.17. The van der Waals surface area contributed by atoms with Crippen LogP contribution < -0.4 is 0 Å². The molecule has 0 atom stereocenters. The van der Waals surface area contributed by atoms with E-state index in [1.807, 2.05) is 0 Å². The summed E-state index contributed by atoms with van der Waals surface area (Å²) in [6, 6.07) is 25.4. The monoisotopic (exact) mass is 386 g/mol. The summed E-state index contributed by atoms with van der Waals surface area (Å²) in [6.45, 7) is 0. The van der Waals surface area contributed by atoms with E-state index in [0.29, 0.717) is 0 Å². The van der Waals surface area contributed by atoms with Gasteiger partial charge in [0.2, 0.25) is 0 Å². The van der Waals surface area contributed by atoms with E-state index in [-0.39, 0.29) is 0 Å². The number of aromatic nitrogens is 2. The van der Waals surface area contributed by atoms with Gasteiger partial charge in [-0.05, 0) is 29.8 Å². The van der Waals surface area contributed by atoms with Gasteiger partial charge < -0.3 is 4.57 Å². The van der Waals surface area contributed by atoms with E-state index in [0.717, 1.165) is 15.6 Å². The Kier molecular flexibility index (Phi) is 3.19. The second-order valence-electron chi connectivity index (χ2n) is 6.29. The minimum atomic E-state index is 1.02. The van der Waals surface area contributed by atoms with Crippen LogP contribution in [0.25, 0.3) is 44.0 Å². The Balaban J connectivity index is 2.11. The fraction of sp³-hybridized carbons (Fsp3) is 0.0455. The molecular formula is C22H15BrN2. The van der Waals surface area contributed by atoms with Crippen LogP contribution >= 0.6 is 15.9 Å². The number of hydrogen-bond acceptors (Lipinski definition) is 1. The first-order valence-electron chi connectivity index (χ1n) is 8.26. The maximum absolute atomic E-state index is 4.98. The van der Waals surface area contributed by atoms with Crippen molar-refractivity contribution in [1.82, 2.24) is 9.55 Å². The number of rotatable bonds is 1. The van der Waals surface area contributed by atoms with Crippen LogP contribution in [-0.4, -0.2) is 9.55 Å². The van der Waals surface area contributed by atoms with Crippen molar-refractivity contribution in [2.45, 2.75) is 0 Å². The van der Waals surface area contributed by atoms with Gasteiger partial charge in [-0.1, -0.05) is 64.5 Å². The van der Waals surface area contributed by atoms with Gasteiger partial charge in [0, 0.05) is 33.2 Å². The minimum Gasteiger partial charge on any atom is -0.328 e. The number of pyridine rings is 1. The van der Waals surface area contributed by atoms with Crippen molar-refractivity contribution in [3.05, 3.63) is 77.3 Å². The van der Waals surface area contributed by atoms with Crippen LogP contribution in [0.3, 0.4) is 0 Å². The minimum absolute atomic E-state index is 1.02. The van der Waals surface area contributed by atoms with Crippen LogP contribution in [0.4, 0.5) is 0 Å². The molecule has 0 saturated carbocycles. The van der Waals surface area contributed by atoms with Gasteiger partial charge in [0.1, 0.15) is 5.65 Å². The molecule has 0 aliphatic heterocycles. The van der Waals surface area contributed by atoms with Crippen molar-refractivity contribution in [2.24, 2.45) is 7.05 Å². The smallest absolute Gasteiger partial charge is 0.142 e. The van der Waals surface area contributed by atoms with Gasteiger partial charge >= 0.3 is 0 Å². The van der Waals surface area contributed by atoms with Crippen molar-refractivity contribution in [3.63, 3.8) is 0 Å². The predicted octanol–water partition coefficient (Wildman–Crippen LogP) is 6.31. The Hall–Kier alpha value is -2.65. The summed E-state index contributed by atoms with van der Waals surface area (Å²) in [6.07, 6.45) is 0. The van der Waals surface area contributed by atoms with Crippen LogP contribution in [-0.2, 0) is 7.05 Å². The summed E-state index contributed by atoms with van der Waals surface area (Å²) in [5, 5.41) is 3.63. The summed E-state index contributed by atoms with van der Waals surface area (Å²) < 4.78 is 3.27. The van der Waals surface area contributed by atoms with Gasteiger partial charge in [-0.25, -0.2) is 4.98 Å². The molecule has 25 heavy (non-hydrogen) atoms. The van der Waals surface area contributed by atoms with E-state index in [4.69, 9.17) is 4.98 Å². The SMILES string of the molecule is Cn1c2ccc(Br)cc2c2c(-c3ccccc3)c3ccccc3nc21. The molecule has 120 valence electrons. The molecule has 0 amide bonds. The zero-order chi connectivity index (χ0) is 17.0. The van der Waals surface area contributed by atoms with Gasteiger partial charge in [0.25, 0.3) is 0 Å². The molecule has 2 nitrogen and oxygen atoms in total. The zero-order valence-electron chi connectivity index (χ0n) is 13.7. The standard InChI is InChI=1S/C22H15BrN2/c1-25-19-12-11-15(23)13-17(19)21-20(14-7-3-2-4-8-14)16-9-5-6-10-18(16)24-22(21)25/h2-13H,1H3. The number of fused-ring (bicyclic) bond motifs is 4. The quantitative estimate of drug-likeness (QED) is 0.330. The first kappa shape index (κ1) is 14.7. The second-order valence-corrected chi connectivity index (χ2v) is 7.20. The number of hydrogen-bond donors (Lipinski definition) is 0. The lowest BCUT2D eigenvalue weighted by atomic mass is 9.96. The Bertz CT molecular complexity index is 1250. The van der Waals surface area contributed by atoms with Crippen molar-refractivity contribution in [2.75, 3.05) is 0 Å². The van der Waals surface area contributed by atoms with Crippen LogP contribution in [0.15, 0.2) is 77.3 Å². The summed E-state index contributed by atoms with van der Waals surface area (Å²) in [7, 11) is 2.09. The molecule has 0 unspecified atom stereocenters. The molecule has 5 rings (SSSR count). The zero-order valence-corrected chi connectivity index (χ0v) is 15.3. The fourth-order valence-corrected chi connectivity index (χ4v) is 4.08. The van der Waals surface area contributed by atoms with Crippen LogP contribution in [0.5, 0.6) is 0 Å². The van der Waals surface area contributed by atoms with Crippen LogP contribution in [0.1, 0.15) is 0 Å². The molecule has 0 saturated heterocycles. The molecule has 0 aliphatic carbocycles. The van der Waals surface area contributed by atoms with E-state index >= 15 is 0 Å². The molecule has 2 heterocycles. The summed E-state index contributed by atoms with van der Waals surface area (Å²) >= 11 is 3.63. The first-order valence-corrected chi connectivity index (χ1v) is 9.05. The molecule has 3 aromatic carbocycles. The van der Waals surface area contributed by atoms with E-state index in [1.165, 1.54) is 32.8 Å². The third-order valence-corrected chi connectivity index (χ3v) is 5.34. The maximum Gasteiger partial charge on any atom is 0.142 e. The second kappa shape index (κ2) is 5.43. The van der Waals surface area contributed by atoms with Crippen LogP contribution in [0, 0.1) is 0 Å².